The molecule has 1 unspecified atom stereocenters. The van der Waals surface area contributed by atoms with Gasteiger partial charge in [0, 0.05) is 25.5 Å². The molecule has 0 spiro atoms. The number of aliphatic hydroxyl groups is 1. The van der Waals surface area contributed by atoms with Crippen molar-refractivity contribution in [3.63, 3.8) is 0 Å². The summed E-state index contributed by atoms with van der Waals surface area (Å²) < 4.78 is 0. The molecular weight excluding hydrogens is 210 g/mol. The summed E-state index contributed by atoms with van der Waals surface area (Å²) in [6.45, 7) is 2.31. The zero-order valence-corrected chi connectivity index (χ0v) is 9.56. The fourth-order valence-corrected chi connectivity index (χ4v) is 2.04. The summed E-state index contributed by atoms with van der Waals surface area (Å²) >= 11 is 0. The van der Waals surface area contributed by atoms with Crippen molar-refractivity contribution in [1.29, 1.82) is 0 Å². The Morgan fingerprint density at radius 2 is 2.31 bits per heavy atom. The van der Waals surface area contributed by atoms with Crippen LogP contribution >= 0.6 is 0 Å². The van der Waals surface area contributed by atoms with Crippen molar-refractivity contribution in [2.45, 2.75) is 38.6 Å². The lowest BCUT2D eigenvalue weighted by atomic mass is 10.1. The van der Waals surface area contributed by atoms with Gasteiger partial charge in [-0.1, -0.05) is 19.8 Å². The van der Waals surface area contributed by atoms with Gasteiger partial charge in [-0.05, 0) is 6.42 Å². The molecule has 1 saturated heterocycles. The maximum atomic E-state index is 11.6. The van der Waals surface area contributed by atoms with Gasteiger partial charge in [0.1, 0.15) is 6.04 Å². The van der Waals surface area contributed by atoms with E-state index in [0.29, 0.717) is 13.0 Å². The van der Waals surface area contributed by atoms with Gasteiger partial charge >= 0.3 is 5.97 Å². The van der Waals surface area contributed by atoms with E-state index in [4.69, 9.17) is 10.2 Å². The molecule has 0 aromatic heterocycles. The number of carboxylic acid groups (broad SMARTS) is 1. The van der Waals surface area contributed by atoms with E-state index in [9.17, 15) is 9.59 Å². The minimum Gasteiger partial charge on any atom is -0.480 e. The number of amides is 1. The van der Waals surface area contributed by atoms with E-state index < -0.39 is 12.0 Å². The van der Waals surface area contributed by atoms with Crippen molar-refractivity contribution in [2.24, 2.45) is 5.92 Å². The highest BCUT2D eigenvalue weighted by atomic mass is 16.4. The van der Waals surface area contributed by atoms with Crippen molar-refractivity contribution in [1.82, 2.24) is 4.90 Å². The number of carboxylic acids is 1. The molecule has 1 fully saturated rings. The fourth-order valence-electron chi connectivity index (χ4n) is 2.04. The molecule has 5 heteroatoms. The molecule has 0 radical (unpaired) electrons. The SMILES string of the molecule is CCCC[C@@H](C(=O)O)N1CC(CO)CC1=O. The van der Waals surface area contributed by atoms with Gasteiger partial charge in [-0.15, -0.1) is 0 Å². The molecule has 16 heavy (non-hydrogen) atoms. The molecule has 0 aromatic rings. The summed E-state index contributed by atoms with van der Waals surface area (Å²) in [5, 5.41) is 18.1. The molecule has 2 atom stereocenters. The molecule has 0 aromatic carbocycles. The Bertz CT molecular complexity index is 267. The van der Waals surface area contributed by atoms with Gasteiger partial charge in [-0.3, -0.25) is 4.79 Å². The highest BCUT2D eigenvalue weighted by molar-refractivity contribution is 5.85. The van der Waals surface area contributed by atoms with Crippen molar-refractivity contribution >= 4 is 11.9 Å². The number of hydrogen-bond donors (Lipinski definition) is 2. The van der Waals surface area contributed by atoms with Crippen molar-refractivity contribution in [3.8, 4) is 0 Å². The predicted molar refractivity (Wildman–Crippen MR) is 57.9 cm³/mol. The average molecular weight is 229 g/mol. The van der Waals surface area contributed by atoms with Crippen LogP contribution in [0.4, 0.5) is 0 Å². The summed E-state index contributed by atoms with van der Waals surface area (Å²) in [4.78, 5) is 24.1. The Labute approximate surface area is 95.1 Å². The van der Waals surface area contributed by atoms with Gasteiger partial charge in [-0.25, -0.2) is 4.79 Å². The number of carbonyl (C=O) groups excluding carboxylic acids is 1. The number of rotatable bonds is 6. The second-order valence-corrected chi connectivity index (χ2v) is 4.30. The quantitative estimate of drug-likeness (QED) is 0.694. The van der Waals surface area contributed by atoms with Crippen LogP contribution in [0.1, 0.15) is 32.6 Å². The van der Waals surface area contributed by atoms with Gasteiger partial charge in [0.2, 0.25) is 5.91 Å². The van der Waals surface area contributed by atoms with Crippen LogP contribution in [0.5, 0.6) is 0 Å². The molecule has 1 aliphatic rings. The first-order valence-electron chi connectivity index (χ1n) is 5.73. The molecular formula is C11H19NO4. The minimum atomic E-state index is -0.944. The highest BCUT2D eigenvalue weighted by Gasteiger charge is 2.36. The third kappa shape index (κ3) is 2.95. The molecule has 0 saturated carbocycles. The van der Waals surface area contributed by atoms with E-state index >= 15 is 0 Å². The first-order valence-corrected chi connectivity index (χ1v) is 5.73. The van der Waals surface area contributed by atoms with Crippen molar-refractivity contribution in [3.05, 3.63) is 0 Å². The maximum absolute atomic E-state index is 11.6. The van der Waals surface area contributed by atoms with Crippen LogP contribution < -0.4 is 0 Å². The van der Waals surface area contributed by atoms with Crippen molar-refractivity contribution in [2.75, 3.05) is 13.2 Å². The molecule has 0 bridgehead atoms. The lowest BCUT2D eigenvalue weighted by Gasteiger charge is -2.24. The van der Waals surface area contributed by atoms with Gasteiger partial charge in [0.25, 0.3) is 0 Å². The molecule has 92 valence electrons. The summed E-state index contributed by atoms with van der Waals surface area (Å²) in [5.74, 6) is -1.20. The lowest BCUT2D eigenvalue weighted by Crippen LogP contribution is -2.42. The summed E-state index contributed by atoms with van der Waals surface area (Å²) in [5.41, 5.74) is 0. The largest absolute Gasteiger partial charge is 0.480 e. The van der Waals surface area contributed by atoms with E-state index in [-0.39, 0.29) is 24.9 Å². The van der Waals surface area contributed by atoms with E-state index in [1.165, 1.54) is 4.90 Å². The number of aliphatic carboxylic acids is 1. The van der Waals surface area contributed by atoms with Crippen LogP contribution in [0.25, 0.3) is 0 Å². The zero-order valence-electron chi connectivity index (χ0n) is 9.56. The standard InChI is InChI=1S/C11H19NO4/c1-2-3-4-9(11(15)16)12-6-8(7-13)5-10(12)14/h8-9,13H,2-7H2,1H3,(H,15,16)/t8?,9-/m0/s1. The van der Waals surface area contributed by atoms with Crippen LogP contribution in [0.15, 0.2) is 0 Å². The lowest BCUT2D eigenvalue weighted by molar-refractivity contribution is -0.148. The van der Waals surface area contributed by atoms with Crippen LogP contribution in [0, 0.1) is 5.92 Å². The second-order valence-electron chi connectivity index (χ2n) is 4.30. The number of hydrogen-bond acceptors (Lipinski definition) is 3. The van der Waals surface area contributed by atoms with Gasteiger partial charge < -0.3 is 15.1 Å². The summed E-state index contributed by atoms with van der Waals surface area (Å²) in [6.07, 6.45) is 2.47. The van der Waals surface area contributed by atoms with Crippen molar-refractivity contribution < 1.29 is 19.8 Å². The molecule has 5 nitrogen and oxygen atoms in total. The van der Waals surface area contributed by atoms with Gasteiger partial charge in [0.15, 0.2) is 0 Å². The Morgan fingerprint density at radius 1 is 1.62 bits per heavy atom. The monoisotopic (exact) mass is 229 g/mol. The second kappa shape index (κ2) is 5.84. The maximum Gasteiger partial charge on any atom is 0.326 e. The predicted octanol–water partition coefficient (Wildman–Crippen LogP) is 0.471. The minimum absolute atomic E-state index is 0.0532. The fraction of sp³-hybridized carbons (Fsp3) is 0.818. The third-order valence-corrected chi connectivity index (χ3v) is 2.99. The average Bonchev–Trinajstić information content (AvgIpc) is 2.60. The first-order chi connectivity index (χ1) is 7.60. The number of likely N-dealkylation sites (tertiary alicyclic amines) is 1. The summed E-state index contributed by atoms with van der Waals surface area (Å²) in [6, 6.07) is -0.719. The third-order valence-electron chi connectivity index (χ3n) is 2.99. The molecule has 1 aliphatic heterocycles. The van der Waals surface area contributed by atoms with E-state index in [0.717, 1.165) is 12.8 Å². The molecule has 1 amide bonds. The topological polar surface area (TPSA) is 77.8 Å². The van der Waals surface area contributed by atoms with E-state index in [2.05, 4.69) is 0 Å². The molecule has 0 aliphatic carbocycles. The number of unbranched alkanes of at least 4 members (excludes halogenated alkanes) is 1. The smallest absolute Gasteiger partial charge is 0.326 e. The Kier molecular flexibility index (Phi) is 4.73. The Balaban J connectivity index is 2.64. The highest BCUT2D eigenvalue weighted by Crippen LogP contribution is 2.22. The number of carbonyl (C=O) groups is 2. The van der Waals surface area contributed by atoms with Gasteiger partial charge in [-0.2, -0.15) is 0 Å². The van der Waals surface area contributed by atoms with E-state index in [1.807, 2.05) is 6.92 Å². The zero-order chi connectivity index (χ0) is 12.1. The first kappa shape index (κ1) is 13.0. The van der Waals surface area contributed by atoms with E-state index in [1.54, 1.807) is 0 Å². The Morgan fingerprint density at radius 3 is 2.75 bits per heavy atom. The number of nitrogens with zero attached hydrogens (tertiary/aromatic N) is 1. The van der Waals surface area contributed by atoms with Crippen LogP contribution in [-0.4, -0.2) is 46.2 Å². The Hall–Kier alpha value is -1.10. The van der Waals surface area contributed by atoms with Crippen LogP contribution in [0.2, 0.25) is 0 Å². The van der Waals surface area contributed by atoms with Crippen LogP contribution in [-0.2, 0) is 9.59 Å². The summed E-state index contributed by atoms with van der Waals surface area (Å²) in [7, 11) is 0. The normalized spacial score (nSPS) is 22.5. The number of aliphatic hydroxyl groups excluding tert-OH is 1. The van der Waals surface area contributed by atoms with Crippen LogP contribution in [0.3, 0.4) is 0 Å². The molecule has 1 heterocycles. The van der Waals surface area contributed by atoms with Gasteiger partial charge in [0.05, 0.1) is 0 Å². The molecule has 2 N–H and O–H groups in total. The molecule has 1 rings (SSSR count).